The highest BCUT2D eigenvalue weighted by molar-refractivity contribution is 5.85. The molecule has 0 saturated heterocycles. The van der Waals surface area contributed by atoms with Gasteiger partial charge in [0.1, 0.15) is 0 Å². The van der Waals surface area contributed by atoms with Crippen LogP contribution in [0.3, 0.4) is 0 Å². The molecule has 0 saturated carbocycles. The van der Waals surface area contributed by atoms with Gasteiger partial charge in [-0.1, -0.05) is 26.0 Å². The Labute approximate surface area is 127 Å². The van der Waals surface area contributed by atoms with Gasteiger partial charge in [-0.3, -0.25) is 4.79 Å². The number of amides is 1. The lowest BCUT2D eigenvalue weighted by molar-refractivity contribution is -0.120. The van der Waals surface area contributed by atoms with Gasteiger partial charge in [-0.15, -0.1) is 12.4 Å². The summed E-state index contributed by atoms with van der Waals surface area (Å²) in [6, 6.07) is 7.37. The van der Waals surface area contributed by atoms with Gasteiger partial charge in [-0.2, -0.15) is 0 Å². The normalized spacial score (nSPS) is 10.2. The molecule has 114 valence electrons. The molecular formula is C15H25ClN2O2. The number of nitrogens with one attached hydrogen (secondary N) is 1. The summed E-state index contributed by atoms with van der Waals surface area (Å²) in [6.45, 7) is 6.37. The van der Waals surface area contributed by atoms with Crippen molar-refractivity contribution in [1.29, 1.82) is 0 Å². The summed E-state index contributed by atoms with van der Waals surface area (Å²) in [5.41, 5.74) is 7.28. The lowest BCUT2D eigenvalue weighted by Crippen LogP contribution is -2.26. The monoisotopic (exact) mass is 300 g/mol. The van der Waals surface area contributed by atoms with Gasteiger partial charge in [0.05, 0.1) is 6.42 Å². The minimum Gasteiger partial charge on any atom is -0.399 e. The van der Waals surface area contributed by atoms with Crippen LogP contribution in [0.5, 0.6) is 0 Å². The van der Waals surface area contributed by atoms with Crippen LogP contribution in [0.4, 0.5) is 5.69 Å². The summed E-state index contributed by atoms with van der Waals surface area (Å²) in [4.78, 5) is 11.7. The first kappa shape index (κ1) is 18.7. The van der Waals surface area contributed by atoms with Gasteiger partial charge < -0.3 is 15.8 Å². The van der Waals surface area contributed by atoms with Crippen molar-refractivity contribution in [3.8, 4) is 0 Å². The maximum absolute atomic E-state index is 11.7. The summed E-state index contributed by atoms with van der Waals surface area (Å²) < 4.78 is 5.44. The van der Waals surface area contributed by atoms with Crippen LogP contribution >= 0.6 is 12.4 Å². The molecule has 5 heteroatoms. The Kier molecular flexibility index (Phi) is 9.86. The highest BCUT2D eigenvalue weighted by Gasteiger charge is 2.02. The number of ether oxygens (including phenoxy) is 1. The number of carbonyl (C=O) groups is 1. The maximum Gasteiger partial charge on any atom is 0.224 e. The number of nitrogen functional groups attached to an aromatic ring is 1. The fourth-order valence-electron chi connectivity index (χ4n) is 1.60. The Morgan fingerprint density at radius 2 is 1.95 bits per heavy atom. The summed E-state index contributed by atoms with van der Waals surface area (Å²) in [7, 11) is 0. The third-order valence-electron chi connectivity index (χ3n) is 2.58. The average molecular weight is 301 g/mol. The molecule has 0 unspecified atom stereocenters. The molecule has 0 radical (unpaired) electrons. The van der Waals surface area contributed by atoms with E-state index in [1.807, 2.05) is 24.3 Å². The summed E-state index contributed by atoms with van der Waals surface area (Å²) in [6.07, 6.45) is 1.24. The molecule has 0 aliphatic carbocycles. The number of carbonyl (C=O) groups excluding carboxylic acids is 1. The van der Waals surface area contributed by atoms with Crippen molar-refractivity contribution in [2.24, 2.45) is 5.92 Å². The van der Waals surface area contributed by atoms with Crippen molar-refractivity contribution < 1.29 is 9.53 Å². The van der Waals surface area contributed by atoms with Crippen molar-refractivity contribution in [2.75, 3.05) is 25.5 Å². The molecule has 0 heterocycles. The van der Waals surface area contributed by atoms with Gasteiger partial charge in [0, 0.05) is 25.4 Å². The van der Waals surface area contributed by atoms with Crippen LogP contribution in [0.2, 0.25) is 0 Å². The van der Waals surface area contributed by atoms with E-state index >= 15 is 0 Å². The first-order valence-electron chi connectivity index (χ1n) is 6.77. The molecule has 0 spiro atoms. The van der Waals surface area contributed by atoms with E-state index in [9.17, 15) is 4.79 Å². The van der Waals surface area contributed by atoms with Crippen molar-refractivity contribution in [3.05, 3.63) is 29.8 Å². The van der Waals surface area contributed by atoms with Crippen LogP contribution in [0.15, 0.2) is 24.3 Å². The molecule has 3 N–H and O–H groups in total. The quantitative estimate of drug-likeness (QED) is 0.572. The number of anilines is 1. The number of hydrogen-bond donors (Lipinski definition) is 2. The van der Waals surface area contributed by atoms with Crippen LogP contribution in [-0.4, -0.2) is 25.7 Å². The second kappa shape index (κ2) is 10.5. The second-order valence-electron chi connectivity index (χ2n) is 5.09. The van der Waals surface area contributed by atoms with Gasteiger partial charge in [0.15, 0.2) is 0 Å². The maximum atomic E-state index is 11.7. The van der Waals surface area contributed by atoms with E-state index in [4.69, 9.17) is 10.5 Å². The van der Waals surface area contributed by atoms with Crippen LogP contribution in [0.25, 0.3) is 0 Å². The minimum atomic E-state index is 0. The zero-order valence-electron chi connectivity index (χ0n) is 12.2. The molecule has 0 aromatic heterocycles. The number of nitrogens with two attached hydrogens (primary N) is 1. The van der Waals surface area contributed by atoms with Crippen LogP contribution in [0, 0.1) is 5.92 Å². The fourth-order valence-corrected chi connectivity index (χ4v) is 1.60. The van der Waals surface area contributed by atoms with Crippen molar-refractivity contribution in [3.63, 3.8) is 0 Å². The van der Waals surface area contributed by atoms with Gasteiger partial charge in [0.2, 0.25) is 5.91 Å². The smallest absolute Gasteiger partial charge is 0.224 e. The Morgan fingerprint density at radius 1 is 1.30 bits per heavy atom. The van der Waals surface area contributed by atoms with Gasteiger partial charge >= 0.3 is 0 Å². The Bertz CT molecular complexity index is 380. The lowest BCUT2D eigenvalue weighted by Gasteiger charge is -2.08. The first-order valence-corrected chi connectivity index (χ1v) is 6.77. The van der Waals surface area contributed by atoms with Gasteiger partial charge in [0.25, 0.3) is 0 Å². The van der Waals surface area contributed by atoms with E-state index < -0.39 is 0 Å². The molecular weight excluding hydrogens is 276 g/mol. The van der Waals surface area contributed by atoms with E-state index in [1.165, 1.54) is 0 Å². The highest BCUT2D eigenvalue weighted by atomic mass is 35.5. The average Bonchev–Trinajstić information content (AvgIpc) is 2.36. The predicted octanol–water partition coefficient (Wildman–Crippen LogP) is 2.41. The SMILES string of the molecule is CC(C)COCCCNC(=O)Cc1ccc(N)cc1.Cl. The molecule has 1 aromatic carbocycles. The molecule has 0 aliphatic rings. The predicted molar refractivity (Wildman–Crippen MR) is 85.1 cm³/mol. The summed E-state index contributed by atoms with van der Waals surface area (Å²) in [5.74, 6) is 0.591. The molecule has 1 rings (SSSR count). The Morgan fingerprint density at radius 3 is 2.55 bits per heavy atom. The molecule has 1 aromatic rings. The zero-order chi connectivity index (χ0) is 14.1. The Hall–Kier alpha value is -1.26. The number of hydrogen-bond acceptors (Lipinski definition) is 3. The molecule has 0 bridgehead atoms. The van der Waals surface area contributed by atoms with E-state index in [2.05, 4.69) is 19.2 Å². The first-order chi connectivity index (χ1) is 9.08. The molecule has 1 amide bonds. The van der Waals surface area contributed by atoms with Crippen molar-refractivity contribution in [1.82, 2.24) is 5.32 Å². The molecule has 20 heavy (non-hydrogen) atoms. The zero-order valence-corrected chi connectivity index (χ0v) is 13.0. The Balaban J connectivity index is 0.00000361. The van der Waals surface area contributed by atoms with Gasteiger partial charge in [-0.25, -0.2) is 0 Å². The minimum absolute atomic E-state index is 0. The summed E-state index contributed by atoms with van der Waals surface area (Å²) in [5, 5.41) is 2.88. The van der Waals surface area contributed by atoms with Crippen LogP contribution < -0.4 is 11.1 Å². The largest absolute Gasteiger partial charge is 0.399 e. The van der Waals surface area contributed by atoms with Crippen molar-refractivity contribution in [2.45, 2.75) is 26.7 Å². The van der Waals surface area contributed by atoms with E-state index in [-0.39, 0.29) is 18.3 Å². The van der Waals surface area contributed by atoms with Crippen LogP contribution in [0.1, 0.15) is 25.8 Å². The molecule has 4 nitrogen and oxygen atoms in total. The topological polar surface area (TPSA) is 64.3 Å². The number of halogens is 1. The number of rotatable bonds is 8. The molecule has 0 aliphatic heterocycles. The molecule has 0 fully saturated rings. The van der Waals surface area contributed by atoms with E-state index in [1.54, 1.807) is 0 Å². The second-order valence-corrected chi connectivity index (χ2v) is 5.09. The van der Waals surface area contributed by atoms with E-state index in [0.29, 0.717) is 31.2 Å². The van der Waals surface area contributed by atoms with Gasteiger partial charge in [-0.05, 0) is 30.0 Å². The third-order valence-corrected chi connectivity index (χ3v) is 2.58. The fraction of sp³-hybridized carbons (Fsp3) is 0.533. The highest BCUT2D eigenvalue weighted by Crippen LogP contribution is 2.05. The standard InChI is InChI=1S/C15H24N2O2.ClH/c1-12(2)11-19-9-3-8-17-15(18)10-13-4-6-14(16)7-5-13;/h4-7,12H,3,8-11,16H2,1-2H3,(H,17,18);1H. The summed E-state index contributed by atoms with van der Waals surface area (Å²) >= 11 is 0. The van der Waals surface area contributed by atoms with E-state index in [0.717, 1.165) is 18.6 Å². The third kappa shape index (κ3) is 8.77. The number of benzene rings is 1. The van der Waals surface area contributed by atoms with Crippen LogP contribution in [-0.2, 0) is 16.0 Å². The molecule has 0 atom stereocenters. The van der Waals surface area contributed by atoms with Crippen molar-refractivity contribution >= 4 is 24.0 Å². The lowest BCUT2D eigenvalue weighted by atomic mass is 10.1.